The fourth-order valence-corrected chi connectivity index (χ4v) is 3.38. The fraction of sp³-hybridized carbons (Fsp3) is 0.321. The molecular weight excluding hydrogens is 398 g/mol. The van der Waals surface area contributed by atoms with Gasteiger partial charge in [-0.3, -0.25) is 4.79 Å². The van der Waals surface area contributed by atoms with Crippen LogP contribution >= 0.6 is 0 Å². The number of anilines is 1. The molecule has 32 heavy (non-hydrogen) atoms. The number of hydrogen-bond donors (Lipinski definition) is 1. The van der Waals surface area contributed by atoms with Crippen molar-refractivity contribution in [1.82, 2.24) is 0 Å². The molecule has 0 fully saturated rings. The standard InChI is InChI=1S/C28H33NO3/c1-21-14-15-22(2)26(18-21)31-17-9-16-28(3,4)27(30)29-24-12-8-13-25(19-24)32-20-23-10-6-5-7-11-23/h5-8,10-15,18-19H,9,16-17,20H2,1-4H3,(H,29,30). The molecule has 0 aliphatic heterocycles. The van der Waals surface area contributed by atoms with E-state index < -0.39 is 5.41 Å². The third-order valence-electron chi connectivity index (χ3n) is 5.50. The summed E-state index contributed by atoms with van der Waals surface area (Å²) in [6.45, 7) is 9.12. The molecule has 0 atom stereocenters. The first kappa shape index (κ1) is 23.4. The average Bonchev–Trinajstić information content (AvgIpc) is 2.78. The number of rotatable bonds is 10. The molecule has 4 heteroatoms. The Morgan fingerprint density at radius 2 is 1.69 bits per heavy atom. The minimum absolute atomic E-state index is 0.00977. The summed E-state index contributed by atoms with van der Waals surface area (Å²) >= 11 is 0. The Balaban J connectivity index is 1.48. The van der Waals surface area contributed by atoms with Crippen LogP contribution in [-0.2, 0) is 11.4 Å². The van der Waals surface area contributed by atoms with E-state index in [9.17, 15) is 4.79 Å². The Morgan fingerprint density at radius 1 is 0.906 bits per heavy atom. The van der Waals surface area contributed by atoms with Crippen molar-refractivity contribution in [2.75, 3.05) is 11.9 Å². The van der Waals surface area contributed by atoms with E-state index in [1.54, 1.807) is 0 Å². The summed E-state index contributed by atoms with van der Waals surface area (Å²) in [6.07, 6.45) is 1.53. The van der Waals surface area contributed by atoms with E-state index in [4.69, 9.17) is 9.47 Å². The SMILES string of the molecule is Cc1ccc(C)c(OCCCC(C)(C)C(=O)Nc2cccc(OCc3ccccc3)c2)c1. The van der Waals surface area contributed by atoms with Crippen LogP contribution < -0.4 is 14.8 Å². The van der Waals surface area contributed by atoms with Crippen molar-refractivity contribution in [3.63, 3.8) is 0 Å². The zero-order valence-electron chi connectivity index (χ0n) is 19.5. The number of amides is 1. The predicted octanol–water partition coefficient (Wildman–Crippen LogP) is 6.71. The fourth-order valence-electron chi connectivity index (χ4n) is 3.38. The summed E-state index contributed by atoms with van der Waals surface area (Å²) in [6, 6.07) is 23.8. The summed E-state index contributed by atoms with van der Waals surface area (Å²) in [5, 5.41) is 3.04. The maximum Gasteiger partial charge on any atom is 0.230 e. The van der Waals surface area contributed by atoms with Crippen molar-refractivity contribution in [2.45, 2.75) is 47.1 Å². The molecule has 0 bridgehead atoms. The summed E-state index contributed by atoms with van der Waals surface area (Å²) < 4.78 is 11.8. The normalized spacial score (nSPS) is 11.1. The second-order valence-corrected chi connectivity index (χ2v) is 8.86. The van der Waals surface area contributed by atoms with Crippen LogP contribution in [0.5, 0.6) is 11.5 Å². The van der Waals surface area contributed by atoms with Crippen LogP contribution in [0.4, 0.5) is 5.69 Å². The highest BCUT2D eigenvalue weighted by molar-refractivity contribution is 5.94. The van der Waals surface area contributed by atoms with Crippen molar-refractivity contribution in [3.05, 3.63) is 89.5 Å². The van der Waals surface area contributed by atoms with Gasteiger partial charge in [-0.15, -0.1) is 0 Å². The molecule has 3 aromatic carbocycles. The number of aryl methyl sites for hydroxylation is 2. The minimum Gasteiger partial charge on any atom is -0.493 e. The van der Waals surface area contributed by atoms with Crippen LogP contribution in [-0.4, -0.2) is 12.5 Å². The quantitative estimate of drug-likeness (QED) is 0.363. The van der Waals surface area contributed by atoms with Gasteiger partial charge in [-0.25, -0.2) is 0 Å². The van der Waals surface area contributed by atoms with E-state index in [1.165, 1.54) is 5.56 Å². The van der Waals surface area contributed by atoms with E-state index in [0.717, 1.165) is 41.2 Å². The number of ether oxygens (including phenoxy) is 2. The molecule has 0 aromatic heterocycles. The van der Waals surface area contributed by atoms with E-state index in [2.05, 4.69) is 30.4 Å². The van der Waals surface area contributed by atoms with Crippen molar-refractivity contribution in [2.24, 2.45) is 5.41 Å². The lowest BCUT2D eigenvalue weighted by atomic mass is 9.87. The number of carbonyl (C=O) groups is 1. The second-order valence-electron chi connectivity index (χ2n) is 8.86. The van der Waals surface area contributed by atoms with E-state index >= 15 is 0 Å². The van der Waals surface area contributed by atoms with Crippen molar-refractivity contribution in [3.8, 4) is 11.5 Å². The molecule has 0 spiro atoms. The van der Waals surface area contributed by atoms with Gasteiger partial charge in [-0.05, 0) is 61.6 Å². The van der Waals surface area contributed by atoms with Crippen molar-refractivity contribution in [1.29, 1.82) is 0 Å². The predicted molar refractivity (Wildman–Crippen MR) is 130 cm³/mol. The third-order valence-corrected chi connectivity index (χ3v) is 5.50. The minimum atomic E-state index is -0.508. The molecule has 4 nitrogen and oxygen atoms in total. The summed E-state index contributed by atoms with van der Waals surface area (Å²) in [5.41, 5.74) is 3.64. The van der Waals surface area contributed by atoms with Crippen LogP contribution in [0.15, 0.2) is 72.8 Å². The number of benzene rings is 3. The molecular formula is C28H33NO3. The van der Waals surface area contributed by atoms with E-state index in [1.807, 2.05) is 75.4 Å². The lowest BCUT2D eigenvalue weighted by Gasteiger charge is -2.24. The number of carbonyl (C=O) groups excluding carboxylic acids is 1. The Bertz CT molecular complexity index is 1030. The molecule has 0 aliphatic carbocycles. The summed E-state index contributed by atoms with van der Waals surface area (Å²) in [4.78, 5) is 12.9. The molecule has 1 N–H and O–H groups in total. The van der Waals surface area contributed by atoms with Gasteiger partial charge in [0.2, 0.25) is 5.91 Å². The second kappa shape index (κ2) is 10.9. The average molecular weight is 432 g/mol. The van der Waals surface area contributed by atoms with Gasteiger partial charge in [0.1, 0.15) is 18.1 Å². The van der Waals surface area contributed by atoms with Crippen LogP contribution in [0.1, 0.15) is 43.4 Å². The van der Waals surface area contributed by atoms with Gasteiger partial charge in [0.25, 0.3) is 0 Å². The maximum absolute atomic E-state index is 12.9. The van der Waals surface area contributed by atoms with Crippen LogP contribution in [0, 0.1) is 19.3 Å². The molecule has 1 amide bonds. The molecule has 0 saturated heterocycles. The topological polar surface area (TPSA) is 47.6 Å². The largest absolute Gasteiger partial charge is 0.493 e. The smallest absolute Gasteiger partial charge is 0.230 e. The van der Waals surface area contributed by atoms with E-state index in [0.29, 0.717) is 13.2 Å². The van der Waals surface area contributed by atoms with Gasteiger partial charge in [-0.2, -0.15) is 0 Å². The molecule has 0 radical (unpaired) electrons. The lowest BCUT2D eigenvalue weighted by molar-refractivity contribution is -0.124. The van der Waals surface area contributed by atoms with E-state index in [-0.39, 0.29) is 5.91 Å². The van der Waals surface area contributed by atoms with Gasteiger partial charge in [0.15, 0.2) is 0 Å². The zero-order chi connectivity index (χ0) is 23.0. The molecule has 0 aliphatic rings. The van der Waals surface area contributed by atoms with Gasteiger partial charge in [-0.1, -0.05) is 62.4 Å². The van der Waals surface area contributed by atoms with Gasteiger partial charge >= 0.3 is 0 Å². The Morgan fingerprint density at radius 3 is 2.47 bits per heavy atom. The number of hydrogen-bond acceptors (Lipinski definition) is 3. The highest BCUT2D eigenvalue weighted by Gasteiger charge is 2.27. The highest BCUT2D eigenvalue weighted by Crippen LogP contribution is 2.27. The Kier molecular flexibility index (Phi) is 7.93. The van der Waals surface area contributed by atoms with Crippen LogP contribution in [0.2, 0.25) is 0 Å². The maximum atomic E-state index is 12.9. The lowest BCUT2D eigenvalue weighted by Crippen LogP contribution is -2.31. The number of nitrogens with one attached hydrogen (secondary N) is 1. The van der Waals surface area contributed by atoms with Crippen molar-refractivity contribution >= 4 is 11.6 Å². The third kappa shape index (κ3) is 6.88. The molecule has 3 rings (SSSR count). The first-order chi connectivity index (χ1) is 15.3. The summed E-state index contributed by atoms with van der Waals surface area (Å²) in [5.74, 6) is 1.63. The monoisotopic (exact) mass is 431 g/mol. The highest BCUT2D eigenvalue weighted by atomic mass is 16.5. The molecule has 0 saturated carbocycles. The molecule has 0 heterocycles. The first-order valence-corrected chi connectivity index (χ1v) is 11.1. The van der Waals surface area contributed by atoms with Gasteiger partial charge in [0.05, 0.1) is 6.61 Å². The summed E-state index contributed by atoms with van der Waals surface area (Å²) in [7, 11) is 0. The zero-order valence-corrected chi connectivity index (χ0v) is 19.5. The Labute approximate surface area is 191 Å². The van der Waals surface area contributed by atoms with Gasteiger partial charge < -0.3 is 14.8 Å². The molecule has 168 valence electrons. The molecule has 0 unspecified atom stereocenters. The first-order valence-electron chi connectivity index (χ1n) is 11.1. The van der Waals surface area contributed by atoms with Crippen LogP contribution in [0.25, 0.3) is 0 Å². The van der Waals surface area contributed by atoms with Crippen LogP contribution in [0.3, 0.4) is 0 Å². The van der Waals surface area contributed by atoms with Crippen molar-refractivity contribution < 1.29 is 14.3 Å². The molecule has 3 aromatic rings. The van der Waals surface area contributed by atoms with Gasteiger partial charge in [0, 0.05) is 17.2 Å². The Hall–Kier alpha value is -3.27.